The number of benzene rings is 2. The van der Waals surface area contributed by atoms with Gasteiger partial charge in [0.1, 0.15) is 11.5 Å². The van der Waals surface area contributed by atoms with Crippen molar-refractivity contribution in [3.8, 4) is 17.6 Å². The molecule has 0 unspecified atom stereocenters. The predicted octanol–water partition coefficient (Wildman–Crippen LogP) is 3.44. The second-order valence-corrected chi connectivity index (χ2v) is 7.11. The van der Waals surface area contributed by atoms with Gasteiger partial charge >= 0.3 is 5.97 Å². The number of ether oxygens (including phenoxy) is 3. The molecule has 0 saturated carbocycles. The standard InChI is InChI=1S/C24H26N2O5/c1-2-29-21-11-8-20(9-12-21)26(14-4-13-25)23(27)16-31-24(28)17-30-22-10-7-18-5-3-6-19(18)15-22/h7-12,15H,2-6,14,16-17H2,1H3. The molecule has 1 amide bonds. The quantitative estimate of drug-likeness (QED) is 0.545. The number of fused-ring (bicyclic) bond motifs is 1. The molecule has 0 saturated heterocycles. The topological polar surface area (TPSA) is 88.9 Å². The minimum Gasteiger partial charge on any atom is -0.494 e. The highest BCUT2D eigenvalue weighted by Crippen LogP contribution is 2.26. The van der Waals surface area contributed by atoms with Crippen molar-refractivity contribution in [2.45, 2.75) is 32.6 Å². The van der Waals surface area contributed by atoms with Crippen molar-refractivity contribution < 1.29 is 23.8 Å². The van der Waals surface area contributed by atoms with Crippen LogP contribution in [0.2, 0.25) is 0 Å². The molecule has 7 heteroatoms. The summed E-state index contributed by atoms with van der Waals surface area (Å²) in [4.78, 5) is 26.1. The zero-order valence-corrected chi connectivity index (χ0v) is 17.6. The number of hydrogen-bond donors (Lipinski definition) is 0. The van der Waals surface area contributed by atoms with E-state index in [1.807, 2.05) is 31.2 Å². The van der Waals surface area contributed by atoms with Gasteiger partial charge in [0.2, 0.25) is 0 Å². The Kier molecular flexibility index (Phi) is 7.88. The van der Waals surface area contributed by atoms with Crippen LogP contribution in [-0.4, -0.2) is 38.2 Å². The smallest absolute Gasteiger partial charge is 0.344 e. The first-order chi connectivity index (χ1) is 15.1. The maximum absolute atomic E-state index is 12.6. The van der Waals surface area contributed by atoms with Crippen LogP contribution in [0.5, 0.6) is 11.5 Å². The molecule has 0 bridgehead atoms. The van der Waals surface area contributed by atoms with E-state index in [2.05, 4.69) is 0 Å². The molecule has 1 aliphatic carbocycles. The number of carbonyl (C=O) groups is 2. The van der Waals surface area contributed by atoms with E-state index in [9.17, 15) is 9.59 Å². The van der Waals surface area contributed by atoms with Gasteiger partial charge in [-0.1, -0.05) is 6.07 Å². The Hall–Kier alpha value is -3.53. The molecule has 0 aromatic heterocycles. The average molecular weight is 422 g/mol. The summed E-state index contributed by atoms with van der Waals surface area (Å²) in [6.07, 6.45) is 3.40. The molecule has 0 heterocycles. The number of carbonyl (C=O) groups excluding carboxylic acids is 2. The van der Waals surface area contributed by atoms with E-state index < -0.39 is 18.5 Å². The normalized spacial score (nSPS) is 11.9. The molecule has 162 valence electrons. The highest BCUT2D eigenvalue weighted by molar-refractivity contribution is 5.95. The number of nitriles is 1. The van der Waals surface area contributed by atoms with Crippen molar-refractivity contribution in [3.05, 3.63) is 53.6 Å². The third-order valence-electron chi connectivity index (χ3n) is 4.99. The van der Waals surface area contributed by atoms with Crippen molar-refractivity contribution >= 4 is 17.6 Å². The van der Waals surface area contributed by atoms with E-state index in [1.54, 1.807) is 24.3 Å². The van der Waals surface area contributed by atoms with Crippen LogP contribution in [0, 0.1) is 11.3 Å². The van der Waals surface area contributed by atoms with Gasteiger partial charge < -0.3 is 19.1 Å². The Morgan fingerprint density at radius 3 is 2.48 bits per heavy atom. The van der Waals surface area contributed by atoms with E-state index >= 15 is 0 Å². The second kappa shape index (κ2) is 11.0. The van der Waals surface area contributed by atoms with Gasteiger partial charge in [0.05, 0.1) is 19.1 Å². The molecule has 31 heavy (non-hydrogen) atoms. The van der Waals surface area contributed by atoms with Crippen LogP contribution < -0.4 is 14.4 Å². The molecule has 0 fully saturated rings. The van der Waals surface area contributed by atoms with E-state index in [0.717, 1.165) is 19.3 Å². The Morgan fingerprint density at radius 1 is 1.00 bits per heavy atom. The number of anilines is 1. The first-order valence-corrected chi connectivity index (χ1v) is 10.4. The Balaban J connectivity index is 1.52. The first-order valence-electron chi connectivity index (χ1n) is 10.4. The fourth-order valence-corrected chi connectivity index (χ4v) is 3.49. The van der Waals surface area contributed by atoms with E-state index in [0.29, 0.717) is 23.8 Å². The van der Waals surface area contributed by atoms with Gasteiger partial charge in [-0.2, -0.15) is 5.26 Å². The van der Waals surface area contributed by atoms with E-state index in [1.165, 1.54) is 16.0 Å². The van der Waals surface area contributed by atoms with Gasteiger partial charge in [-0.15, -0.1) is 0 Å². The number of esters is 1. The summed E-state index contributed by atoms with van der Waals surface area (Å²) in [5.74, 6) is 0.272. The Bertz CT molecular complexity index is 949. The fraction of sp³-hybridized carbons (Fsp3) is 0.375. The van der Waals surface area contributed by atoms with Gasteiger partial charge in [0.25, 0.3) is 5.91 Å². The average Bonchev–Trinajstić information content (AvgIpc) is 3.25. The molecule has 2 aromatic rings. The third kappa shape index (κ3) is 6.22. The van der Waals surface area contributed by atoms with E-state index in [-0.39, 0.29) is 19.6 Å². The molecule has 2 aromatic carbocycles. The van der Waals surface area contributed by atoms with Crippen molar-refractivity contribution in [1.82, 2.24) is 0 Å². The highest BCUT2D eigenvalue weighted by Gasteiger charge is 2.18. The number of hydrogen-bond acceptors (Lipinski definition) is 6. The summed E-state index contributed by atoms with van der Waals surface area (Å²) in [5.41, 5.74) is 3.19. The lowest BCUT2D eigenvalue weighted by Crippen LogP contribution is -2.36. The number of aryl methyl sites for hydroxylation is 2. The summed E-state index contributed by atoms with van der Waals surface area (Å²) in [6.45, 7) is 1.93. The Labute approximate surface area is 182 Å². The highest BCUT2D eigenvalue weighted by atomic mass is 16.6. The summed E-state index contributed by atoms with van der Waals surface area (Å²) in [7, 11) is 0. The van der Waals surface area contributed by atoms with Gasteiger partial charge in [-0.25, -0.2) is 4.79 Å². The van der Waals surface area contributed by atoms with Gasteiger partial charge in [0.15, 0.2) is 13.2 Å². The largest absolute Gasteiger partial charge is 0.494 e. The Morgan fingerprint density at radius 2 is 1.74 bits per heavy atom. The van der Waals surface area contributed by atoms with Crippen molar-refractivity contribution in [1.29, 1.82) is 5.26 Å². The van der Waals surface area contributed by atoms with Crippen LogP contribution in [0.4, 0.5) is 5.69 Å². The minimum absolute atomic E-state index is 0.161. The van der Waals surface area contributed by atoms with Crippen LogP contribution >= 0.6 is 0 Å². The van der Waals surface area contributed by atoms with Crippen molar-refractivity contribution in [3.63, 3.8) is 0 Å². The molecule has 0 spiro atoms. The lowest BCUT2D eigenvalue weighted by Gasteiger charge is -2.22. The van der Waals surface area contributed by atoms with Crippen LogP contribution in [0.3, 0.4) is 0 Å². The second-order valence-electron chi connectivity index (χ2n) is 7.11. The maximum Gasteiger partial charge on any atom is 0.344 e. The maximum atomic E-state index is 12.6. The molecule has 0 atom stereocenters. The van der Waals surface area contributed by atoms with Crippen LogP contribution in [0.1, 0.15) is 30.9 Å². The molecular weight excluding hydrogens is 396 g/mol. The lowest BCUT2D eigenvalue weighted by atomic mass is 10.1. The first kappa shape index (κ1) is 22.2. The summed E-state index contributed by atoms with van der Waals surface area (Å²) in [6, 6.07) is 14.8. The molecular formula is C24H26N2O5. The molecule has 0 N–H and O–H groups in total. The summed E-state index contributed by atoms with van der Waals surface area (Å²) < 4.78 is 16.0. The SMILES string of the molecule is CCOc1ccc(N(CCC#N)C(=O)COC(=O)COc2ccc3c(c2)CCC3)cc1. The zero-order valence-electron chi connectivity index (χ0n) is 17.6. The van der Waals surface area contributed by atoms with Crippen LogP contribution in [-0.2, 0) is 27.2 Å². The van der Waals surface area contributed by atoms with Gasteiger partial charge in [0, 0.05) is 12.2 Å². The summed E-state index contributed by atoms with van der Waals surface area (Å²) >= 11 is 0. The van der Waals surface area contributed by atoms with Crippen molar-refractivity contribution in [2.24, 2.45) is 0 Å². The number of rotatable bonds is 10. The monoisotopic (exact) mass is 422 g/mol. The predicted molar refractivity (Wildman–Crippen MR) is 115 cm³/mol. The van der Waals surface area contributed by atoms with Crippen molar-refractivity contribution in [2.75, 3.05) is 31.3 Å². The van der Waals surface area contributed by atoms with Gasteiger partial charge in [-0.05, 0) is 73.7 Å². The summed E-state index contributed by atoms with van der Waals surface area (Å²) in [5, 5.41) is 8.90. The number of amides is 1. The van der Waals surface area contributed by atoms with Crippen LogP contribution in [0.25, 0.3) is 0 Å². The minimum atomic E-state index is -0.624. The van der Waals surface area contributed by atoms with E-state index in [4.69, 9.17) is 19.5 Å². The molecule has 0 radical (unpaired) electrons. The van der Waals surface area contributed by atoms with Gasteiger partial charge in [-0.3, -0.25) is 4.79 Å². The molecule has 1 aliphatic rings. The molecule has 0 aliphatic heterocycles. The van der Waals surface area contributed by atoms with Crippen LogP contribution in [0.15, 0.2) is 42.5 Å². The fourth-order valence-electron chi connectivity index (χ4n) is 3.49. The number of nitrogens with zero attached hydrogens (tertiary/aromatic N) is 2. The molecule has 3 rings (SSSR count). The lowest BCUT2D eigenvalue weighted by molar-refractivity contribution is -0.149. The third-order valence-corrected chi connectivity index (χ3v) is 4.99. The molecule has 7 nitrogen and oxygen atoms in total. The zero-order chi connectivity index (χ0) is 22.1.